The predicted octanol–water partition coefficient (Wildman–Crippen LogP) is 2.60. The summed E-state index contributed by atoms with van der Waals surface area (Å²) in [6.45, 7) is 5.20. The molecule has 0 amide bonds. The smallest absolute Gasteiger partial charge is 0.341 e. The maximum Gasteiger partial charge on any atom is 0.341 e. The third-order valence-electron chi connectivity index (χ3n) is 2.35. The minimum atomic E-state index is -0.620. The SMILES string of the molecule is CC(C)(C)C(=O)OC(=O)C1=CCCCC1. The van der Waals surface area contributed by atoms with Crippen molar-refractivity contribution in [1.82, 2.24) is 0 Å². The second kappa shape index (κ2) is 4.60. The fourth-order valence-electron chi connectivity index (χ4n) is 1.33. The van der Waals surface area contributed by atoms with Crippen molar-refractivity contribution in [3.05, 3.63) is 11.6 Å². The number of carbonyl (C=O) groups is 2. The molecule has 1 aliphatic rings. The van der Waals surface area contributed by atoms with Gasteiger partial charge in [-0.05, 0) is 46.5 Å². The average molecular weight is 210 g/mol. The maximum absolute atomic E-state index is 11.5. The minimum Gasteiger partial charge on any atom is -0.389 e. The van der Waals surface area contributed by atoms with E-state index in [9.17, 15) is 9.59 Å². The number of allylic oxidation sites excluding steroid dienone is 1. The van der Waals surface area contributed by atoms with Crippen molar-refractivity contribution < 1.29 is 14.3 Å². The molecule has 0 bridgehead atoms. The predicted molar refractivity (Wildman–Crippen MR) is 57.1 cm³/mol. The van der Waals surface area contributed by atoms with Crippen LogP contribution in [0, 0.1) is 5.41 Å². The van der Waals surface area contributed by atoms with Crippen LogP contribution in [-0.2, 0) is 14.3 Å². The Bertz CT molecular complexity index is 294. The Morgan fingerprint density at radius 2 is 1.93 bits per heavy atom. The highest BCUT2D eigenvalue weighted by Crippen LogP contribution is 2.21. The zero-order valence-corrected chi connectivity index (χ0v) is 9.63. The van der Waals surface area contributed by atoms with Gasteiger partial charge in [0, 0.05) is 5.57 Å². The quantitative estimate of drug-likeness (QED) is 0.493. The van der Waals surface area contributed by atoms with Gasteiger partial charge in [-0.1, -0.05) is 6.08 Å². The Hall–Kier alpha value is -1.12. The molecular formula is C12H18O3. The van der Waals surface area contributed by atoms with E-state index in [-0.39, 0.29) is 0 Å². The molecule has 0 atom stereocenters. The van der Waals surface area contributed by atoms with Crippen LogP contribution in [0.3, 0.4) is 0 Å². The van der Waals surface area contributed by atoms with Gasteiger partial charge in [0.2, 0.25) is 0 Å². The van der Waals surface area contributed by atoms with Crippen LogP contribution in [0.15, 0.2) is 11.6 Å². The number of rotatable bonds is 1. The summed E-state index contributed by atoms with van der Waals surface area (Å²) in [7, 11) is 0. The fraction of sp³-hybridized carbons (Fsp3) is 0.667. The van der Waals surface area contributed by atoms with Crippen molar-refractivity contribution in [3.63, 3.8) is 0 Å². The van der Waals surface area contributed by atoms with E-state index in [0.29, 0.717) is 5.57 Å². The summed E-state index contributed by atoms with van der Waals surface area (Å²) in [5.41, 5.74) is 0.0316. The van der Waals surface area contributed by atoms with E-state index in [0.717, 1.165) is 25.7 Å². The van der Waals surface area contributed by atoms with Crippen LogP contribution < -0.4 is 0 Å². The van der Waals surface area contributed by atoms with Crippen LogP contribution in [0.4, 0.5) is 0 Å². The van der Waals surface area contributed by atoms with Gasteiger partial charge in [-0.15, -0.1) is 0 Å². The average Bonchev–Trinajstić information content (AvgIpc) is 2.17. The Morgan fingerprint density at radius 3 is 2.40 bits per heavy atom. The van der Waals surface area contributed by atoms with Gasteiger partial charge in [-0.3, -0.25) is 4.79 Å². The second-order valence-corrected chi connectivity index (χ2v) is 4.90. The lowest BCUT2D eigenvalue weighted by Gasteiger charge is -2.17. The lowest BCUT2D eigenvalue weighted by molar-refractivity contribution is -0.163. The van der Waals surface area contributed by atoms with Crippen LogP contribution in [0.2, 0.25) is 0 Å². The van der Waals surface area contributed by atoms with Gasteiger partial charge in [0.15, 0.2) is 0 Å². The van der Waals surface area contributed by atoms with Crippen LogP contribution in [0.25, 0.3) is 0 Å². The second-order valence-electron chi connectivity index (χ2n) is 4.90. The third-order valence-corrected chi connectivity index (χ3v) is 2.35. The molecular weight excluding hydrogens is 192 g/mol. The molecule has 0 spiro atoms. The minimum absolute atomic E-state index is 0.459. The standard InChI is InChI=1S/C12H18O3/c1-12(2,3)11(14)15-10(13)9-7-5-4-6-8-9/h7H,4-6,8H2,1-3H3. The summed E-state index contributed by atoms with van der Waals surface area (Å²) < 4.78 is 4.81. The van der Waals surface area contributed by atoms with Crippen LogP contribution in [0.5, 0.6) is 0 Å². The Kier molecular flexibility index (Phi) is 3.66. The van der Waals surface area contributed by atoms with Gasteiger partial charge in [0.1, 0.15) is 0 Å². The molecule has 0 aliphatic heterocycles. The molecule has 0 saturated heterocycles. The lowest BCUT2D eigenvalue weighted by atomic mass is 9.97. The van der Waals surface area contributed by atoms with Gasteiger partial charge >= 0.3 is 11.9 Å². The highest BCUT2D eigenvalue weighted by molar-refractivity contribution is 5.97. The third kappa shape index (κ3) is 3.50. The van der Waals surface area contributed by atoms with E-state index >= 15 is 0 Å². The first-order valence-electron chi connectivity index (χ1n) is 5.37. The Morgan fingerprint density at radius 1 is 1.27 bits per heavy atom. The molecule has 1 rings (SSSR count). The van der Waals surface area contributed by atoms with E-state index in [2.05, 4.69) is 0 Å². The highest BCUT2D eigenvalue weighted by atomic mass is 16.6. The fourth-order valence-corrected chi connectivity index (χ4v) is 1.33. The van der Waals surface area contributed by atoms with Gasteiger partial charge in [0.05, 0.1) is 5.41 Å². The van der Waals surface area contributed by atoms with Crippen LogP contribution in [0.1, 0.15) is 46.5 Å². The summed E-state index contributed by atoms with van der Waals surface area (Å²) >= 11 is 0. The summed E-state index contributed by atoms with van der Waals surface area (Å²) in [5.74, 6) is -0.923. The molecule has 1 aliphatic carbocycles. The van der Waals surface area contributed by atoms with E-state index in [1.54, 1.807) is 20.8 Å². The van der Waals surface area contributed by atoms with E-state index in [1.165, 1.54) is 0 Å². The molecule has 3 heteroatoms. The van der Waals surface area contributed by atoms with Crippen molar-refractivity contribution in [2.24, 2.45) is 5.41 Å². The number of ether oxygens (including phenoxy) is 1. The van der Waals surface area contributed by atoms with Crippen molar-refractivity contribution >= 4 is 11.9 Å². The molecule has 0 aromatic rings. The van der Waals surface area contributed by atoms with Crippen LogP contribution >= 0.6 is 0 Å². The normalized spacial score (nSPS) is 16.9. The number of hydrogen-bond donors (Lipinski definition) is 0. The topological polar surface area (TPSA) is 43.4 Å². The molecule has 3 nitrogen and oxygen atoms in total. The molecule has 15 heavy (non-hydrogen) atoms. The summed E-state index contributed by atoms with van der Waals surface area (Å²) in [6.07, 6.45) is 5.64. The number of hydrogen-bond acceptors (Lipinski definition) is 3. The van der Waals surface area contributed by atoms with Gasteiger partial charge in [0.25, 0.3) is 0 Å². The molecule has 0 aromatic carbocycles. The van der Waals surface area contributed by atoms with Crippen molar-refractivity contribution in [1.29, 1.82) is 0 Å². The molecule has 84 valence electrons. The molecule has 0 aromatic heterocycles. The van der Waals surface area contributed by atoms with Crippen molar-refractivity contribution in [3.8, 4) is 0 Å². The monoisotopic (exact) mass is 210 g/mol. The Balaban J connectivity index is 2.56. The first kappa shape index (κ1) is 12.0. The van der Waals surface area contributed by atoms with Gasteiger partial charge in [-0.2, -0.15) is 0 Å². The van der Waals surface area contributed by atoms with Gasteiger partial charge < -0.3 is 4.74 Å². The molecule has 0 heterocycles. The first-order chi connectivity index (χ1) is 6.91. The highest BCUT2D eigenvalue weighted by Gasteiger charge is 2.27. The van der Waals surface area contributed by atoms with E-state index < -0.39 is 17.4 Å². The molecule has 0 unspecified atom stereocenters. The lowest BCUT2D eigenvalue weighted by Crippen LogP contribution is -2.26. The maximum atomic E-state index is 11.5. The summed E-state index contributed by atoms with van der Waals surface area (Å²) in [6, 6.07) is 0. The number of carbonyl (C=O) groups excluding carboxylic acids is 2. The molecule has 0 fully saturated rings. The molecule has 0 saturated carbocycles. The first-order valence-corrected chi connectivity index (χ1v) is 5.37. The number of esters is 2. The van der Waals surface area contributed by atoms with Crippen LogP contribution in [-0.4, -0.2) is 11.9 Å². The Labute approximate surface area is 90.5 Å². The zero-order valence-electron chi connectivity index (χ0n) is 9.63. The van der Waals surface area contributed by atoms with Gasteiger partial charge in [-0.25, -0.2) is 4.79 Å². The van der Waals surface area contributed by atoms with E-state index in [1.807, 2.05) is 6.08 Å². The molecule has 0 N–H and O–H groups in total. The summed E-state index contributed by atoms with van der Waals surface area (Å²) in [4.78, 5) is 23.0. The largest absolute Gasteiger partial charge is 0.389 e. The zero-order chi connectivity index (χ0) is 11.5. The summed E-state index contributed by atoms with van der Waals surface area (Å²) in [5, 5.41) is 0. The van der Waals surface area contributed by atoms with E-state index in [4.69, 9.17) is 4.74 Å². The molecule has 0 radical (unpaired) electrons. The van der Waals surface area contributed by atoms with Crippen molar-refractivity contribution in [2.75, 3.05) is 0 Å². The van der Waals surface area contributed by atoms with Crippen molar-refractivity contribution in [2.45, 2.75) is 46.5 Å².